The molecule has 2 aliphatic rings. The Morgan fingerprint density at radius 3 is 2.81 bits per heavy atom. The van der Waals surface area contributed by atoms with E-state index in [1.807, 2.05) is 4.90 Å². The molecule has 7 heteroatoms. The summed E-state index contributed by atoms with van der Waals surface area (Å²) in [5.41, 5.74) is 0. The van der Waals surface area contributed by atoms with E-state index >= 15 is 0 Å². The van der Waals surface area contributed by atoms with Crippen LogP contribution in [-0.2, 0) is 14.8 Å². The Morgan fingerprint density at radius 1 is 1.33 bits per heavy atom. The third kappa shape index (κ3) is 5.92. The fraction of sp³-hybridized carbons (Fsp3) is 0.929. The van der Waals surface area contributed by atoms with Crippen LogP contribution in [0.25, 0.3) is 0 Å². The third-order valence-electron chi connectivity index (χ3n) is 4.32. The van der Waals surface area contributed by atoms with Crippen LogP contribution in [0.2, 0.25) is 0 Å². The normalized spacial score (nSPS) is 27.6. The van der Waals surface area contributed by atoms with Crippen LogP contribution in [0.4, 0.5) is 0 Å². The minimum Gasteiger partial charge on any atom is -0.341 e. The Hall–Kier alpha value is -0.660. The molecule has 122 valence electrons. The lowest BCUT2D eigenvalue weighted by Gasteiger charge is -2.33. The zero-order chi connectivity index (χ0) is 15.3. The Morgan fingerprint density at radius 2 is 2.14 bits per heavy atom. The van der Waals surface area contributed by atoms with Crippen molar-refractivity contribution >= 4 is 15.9 Å². The van der Waals surface area contributed by atoms with Gasteiger partial charge in [0, 0.05) is 25.6 Å². The maximum absolute atomic E-state index is 12.3. The number of amides is 1. The second kappa shape index (κ2) is 7.56. The number of nitrogens with zero attached hydrogens (tertiary/aromatic N) is 1. The molecule has 2 atom stereocenters. The standard InChI is InChI=1S/C14H27N3O3S/c1-21(19,20)16-13-5-3-9-17(11-13)14(18)7-6-12-4-2-8-15-10-12/h12-13,15-16H,2-11H2,1H3. The molecule has 2 aliphatic heterocycles. The van der Waals surface area contributed by atoms with E-state index in [2.05, 4.69) is 10.0 Å². The van der Waals surface area contributed by atoms with Crippen molar-refractivity contribution in [2.45, 2.75) is 44.6 Å². The molecule has 2 N–H and O–H groups in total. The number of likely N-dealkylation sites (tertiary alicyclic amines) is 1. The second-order valence-electron chi connectivity index (χ2n) is 6.32. The largest absolute Gasteiger partial charge is 0.341 e. The maximum Gasteiger partial charge on any atom is 0.222 e. The molecule has 1 amide bonds. The van der Waals surface area contributed by atoms with Gasteiger partial charge in [-0.3, -0.25) is 4.79 Å². The number of carbonyl (C=O) groups is 1. The fourth-order valence-corrected chi connectivity index (χ4v) is 4.06. The Balaban J connectivity index is 1.76. The average Bonchev–Trinajstić information content (AvgIpc) is 2.44. The number of carbonyl (C=O) groups excluding carboxylic acids is 1. The molecular weight excluding hydrogens is 290 g/mol. The first-order chi connectivity index (χ1) is 9.94. The zero-order valence-corrected chi connectivity index (χ0v) is 13.6. The van der Waals surface area contributed by atoms with Crippen LogP contribution in [0, 0.1) is 5.92 Å². The molecule has 2 unspecified atom stereocenters. The van der Waals surface area contributed by atoms with E-state index < -0.39 is 10.0 Å². The van der Waals surface area contributed by atoms with Gasteiger partial charge in [-0.05, 0) is 51.1 Å². The van der Waals surface area contributed by atoms with Gasteiger partial charge in [0.1, 0.15) is 0 Å². The van der Waals surface area contributed by atoms with Crippen molar-refractivity contribution in [2.75, 3.05) is 32.4 Å². The van der Waals surface area contributed by atoms with Crippen LogP contribution in [0.15, 0.2) is 0 Å². The van der Waals surface area contributed by atoms with Gasteiger partial charge in [0.15, 0.2) is 0 Å². The molecule has 0 aromatic carbocycles. The number of hydrogen-bond donors (Lipinski definition) is 2. The van der Waals surface area contributed by atoms with Gasteiger partial charge >= 0.3 is 0 Å². The summed E-state index contributed by atoms with van der Waals surface area (Å²) < 4.78 is 25.2. The lowest BCUT2D eigenvalue weighted by Crippen LogP contribution is -2.49. The van der Waals surface area contributed by atoms with Gasteiger partial charge in [-0.1, -0.05) is 0 Å². The van der Waals surface area contributed by atoms with E-state index in [0.29, 0.717) is 18.9 Å². The molecule has 2 rings (SSSR count). The number of hydrogen-bond acceptors (Lipinski definition) is 4. The van der Waals surface area contributed by atoms with Crippen molar-refractivity contribution in [2.24, 2.45) is 5.92 Å². The number of piperidine rings is 2. The number of nitrogens with one attached hydrogen (secondary N) is 2. The molecule has 2 saturated heterocycles. The molecule has 0 saturated carbocycles. The highest BCUT2D eigenvalue weighted by atomic mass is 32.2. The van der Waals surface area contributed by atoms with Crippen molar-refractivity contribution in [3.8, 4) is 0 Å². The minimum absolute atomic E-state index is 0.131. The van der Waals surface area contributed by atoms with Gasteiger partial charge in [-0.2, -0.15) is 0 Å². The molecule has 0 aromatic rings. The summed E-state index contributed by atoms with van der Waals surface area (Å²) in [7, 11) is -3.20. The van der Waals surface area contributed by atoms with E-state index in [-0.39, 0.29) is 11.9 Å². The summed E-state index contributed by atoms with van der Waals surface area (Å²) in [6.45, 7) is 3.37. The van der Waals surface area contributed by atoms with Crippen LogP contribution in [0.1, 0.15) is 38.5 Å². The monoisotopic (exact) mass is 317 g/mol. The Labute approximate surface area is 127 Å². The fourth-order valence-electron chi connectivity index (χ4n) is 3.26. The van der Waals surface area contributed by atoms with Crippen LogP contribution in [0.5, 0.6) is 0 Å². The van der Waals surface area contributed by atoms with Crippen molar-refractivity contribution in [3.63, 3.8) is 0 Å². The van der Waals surface area contributed by atoms with Gasteiger partial charge in [-0.15, -0.1) is 0 Å². The SMILES string of the molecule is CS(=O)(=O)NC1CCCN(C(=O)CCC2CCCNC2)C1. The van der Waals surface area contributed by atoms with Gasteiger partial charge in [0.25, 0.3) is 0 Å². The average molecular weight is 317 g/mol. The molecule has 6 nitrogen and oxygen atoms in total. The Kier molecular flexibility index (Phi) is 6.01. The summed E-state index contributed by atoms with van der Waals surface area (Å²) in [6, 6.07) is -0.131. The summed E-state index contributed by atoms with van der Waals surface area (Å²) in [4.78, 5) is 14.1. The maximum atomic E-state index is 12.3. The third-order valence-corrected chi connectivity index (χ3v) is 5.08. The molecule has 2 heterocycles. The second-order valence-corrected chi connectivity index (χ2v) is 8.10. The number of rotatable bonds is 5. The van der Waals surface area contributed by atoms with Crippen molar-refractivity contribution in [1.82, 2.24) is 14.9 Å². The van der Waals surface area contributed by atoms with Gasteiger partial charge in [-0.25, -0.2) is 13.1 Å². The molecule has 0 aromatic heterocycles. The molecule has 2 fully saturated rings. The predicted molar refractivity (Wildman–Crippen MR) is 82.4 cm³/mol. The van der Waals surface area contributed by atoms with Crippen LogP contribution in [-0.4, -0.2) is 57.7 Å². The highest BCUT2D eigenvalue weighted by molar-refractivity contribution is 7.88. The zero-order valence-electron chi connectivity index (χ0n) is 12.8. The van der Waals surface area contributed by atoms with Gasteiger partial charge < -0.3 is 10.2 Å². The summed E-state index contributed by atoms with van der Waals surface area (Å²) >= 11 is 0. The van der Waals surface area contributed by atoms with E-state index in [1.54, 1.807) is 0 Å². The molecule has 0 bridgehead atoms. The van der Waals surface area contributed by atoms with E-state index in [1.165, 1.54) is 19.1 Å². The predicted octanol–water partition coefficient (Wildman–Crippen LogP) is 0.306. The van der Waals surface area contributed by atoms with E-state index in [0.717, 1.165) is 38.9 Å². The van der Waals surface area contributed by atoms with Crippen LogP contribution in [0.3, 0.4) is 0 Å². The molecular formula is C14H27N3O3S. The van der Waals surface area contributed by atoms with Crippen molar-refractivity contribution in [3.05, 3.63) is 0 Å². The molecule has 0 aliphatic carbocycles. The molecule has 21 heavy (non-hydrogen) atoms. The van der Waals surface area contributed by atoms with Gasteiger partial charge in [0.05, 0.1) is 6.26 Å². The summed E-state index contributed by atoms with van der Waals surface area (Å²) in [6.07, 6.45) is 6.77. The first kappa shape index (κ1) is 16.7. The van der Waals surface area contributed by atoms with Gasteiger partial charge in [0.2, 0.25) is 15.9 Å². The van der Waals surface area contributed by atoms with Crippen molar-refractivity contribution in [1.29, 1.82) is 0 Å². The molecule has 0 spiro atoms. The van der Waals surface area contributed by atoms with Crippen LogP contribution >= 0.6 is 0 Å². The van der Waals surface area contributed by atoms with E-state index in [9.17, 15) is 13.2 Å². The first-order valence-corrected chi connectivity index (χ1v) is 9.79. The highest BCUT2D eigenvalue weighted by Gasteiger charge is 2.26. The van der Waals surface area contributed by atoms with Crippen LogP contribution < -0.4 is 10.0 Å². The summed E-state index contributed by atoms with van der Waals surface area (Å²) in [5, 5.41) is 3.37. The molecule has 0 radical (unpaired) electrons. The minimum atomic E-state index is -3.20. The lowest BCUT2D eigenvalue weighted by atomic mass is 9.94. The quantitative estimate of drug-likeness (QED) is 0.765. The number of sulfonamides is 1. The summed E-state index contributed by atoms with van der Waals surface area (Å²) in [5.74, 6) is 0.776. The highest BCUT2D eigenvalue weighted by Crippen LogP contribution is 2.18. The topological polar surface area (TPSA) is 78.5 Å². The first-order valence-electron chi connectivity index (χ1n) is 7.90. The Bertz CT molecular complexity index is 446. The lowest BCUT2D eigenvalue weighted by molar-refractivity contribution is -0.132. The van der Waals surface area contributed by atoms with E-state index in [4.69, 9.17) is 0 Å². The van der Waals surface area contributed by atoms with Crippen molar-refractivity contribution < 1.29 is 13.2 Å². The smallest absolute Gasteiger partial charge is 0.222 e.